The molecule has 4 aromatic heterocycles. The third-order valence-corrected chi connectivity index (χ3v) is 7.82. The van der Waals surface area contributed by atoms with Gasteiger partial charge in [0, 0.05) is 57.6 Å². The van der Waals surface area contributed by atoms with Gasteiger partial charge in [-0.15, -0.1) is 0 Å². The fourth-order valence-electron chi connectivity index (χ4n) is 5.78. The SMILES string of the molecule is c1cncc(-c2cc(-c3ccc(-c4nc5ccccc5c5c4ccc4ccccc45)cc3)cc(-c3cccnc3)n2)c1. The molecule has 8 aromatic rings. The molecule has 42 heavy (non-hydrogen) atoms. The molecule has 0 unspecified atom stereocenters. The fourth-order valence-corrected chi connectivity index (χ4v) is 5.78. The molecule has 196 valence electrons. The molecule has 0 saturated heterocycles. The van der Waals surface area contributed by atoms with E-state index in [2.05, 4.69) is 107 Å². The minimum atomic E-state index is 0.873. The molecule has 4 heteroatoms. The van der Waals surface area contributed by atoms with Crippen molar-refractivity contribution in [1.29, 1.82) is 0 Å². The number of pyridine rings is 4. The van der Waals surface area contributed by atoms with Gasteiger partial charge in [-0.25, -0.2) is 9.97 Å². The summed E-state index contributed by atoms with van der Waals surface area (Å²) >= 11 is 0. The van der Waals surface area contributed by atoms with Gasteiger partial charge in [-0.2, -0.15) is 0 Å². The summed E-state index contributed by atoms with van der Waals surface area (Å²) < 4.78 is 0. The summed E-state index contributed by atoms with van der Waals surface area (Å²) in [5.41, 5.74) is 8.94. The van der Waals surface area contributed by atoms with Gasteiger partial charge in [0.2, 0.25) is 0 Å². The highest BCUT2D eigenvalue weighted by Gasteiger charge is 2.14. The molecule has 0 aliphatic heterocycles. The lowest BCUT2D eigenvalue weighted by Crippen LogP contribution is -1.93. The lowest BCUT2D eigenvalue weighted by atomic mass is 9.94. The maximum absolute atomic E-state index is 5.17. The number of fused-ring (bicyclic) bond motifs is 5. The summed E-state index contributed by atoms with van der Waals surface area (Å²) in [7, 11) is 0. The van der Waals surface area contributed by atoms with Gasteiger partial charge >= 0.3 is 0 Å². The van der Waals surface area contributed by atoms with E-state index in [1.54, 1.807) is 12.4 Å². The minimum Gasteiger partial charge on any atom is -0.264 e. The van der Waals surface area contributed by atoms with E-state index in [9.17, 15) is 0 Å². The van der Waals surface area contributed by atoms with Crippen LogP contribution in [0.5, 0.6) is 0 Å². The number of aromatic nitrogens is 4. The summed E-state index contributed by atoms with van der Waals surface area (Å²) in [6.07, 6.45) is 7.26. The molecular weight excluding hydrogens is 512 g/mol. The average molecular weight is 537 g/mol. The third kappa shape index (κ3) is 4.18. The molecule has 0 atom stereocenters. The number of para-hydroxylation sites is 1. The molecule has 0 N–H and O–H groups in total. The van der Waals surface area contributed by atoms with E-state index in [0.29, 0.717) is 0 Å². The van der Waals surface area contributed by atoms with Crippen LogP contribution in [0.1, 0.15) is 0 Å². The van der Waals surface area contributed by atoms with Gasteiger partial charge < -0.3 is 0 Å². The van der Waals surface area contributed by atoms with Crippen molar-refractivity contribution in [3.05, 3.63) is 146 Å². The second kappa shape index (κ2) is 10.0. The maximum atomic E-state index is 5.17. The maximum Gasteiger partial charge on any atom is 0.0788 e. The first-order valence-electron chi connectivity index (χ1n) is 14.0. The van der Waals surface area contributed by atoms with Crippen molar-refractivity contribution in [3.8, 4) is 44.9 Å². The molecule has 0 aliphatic rings. The molecular formula is C38H24N4. The molecule has 4 nitrogen and oxygen atoms in total. The minimum absolute atomic E-state index is 0.873. The Hall–Kier alpha value is -5.74. The number of benzene rings is 4. The van der Waals surface area contributed by atoms with Crippen molar-refractivity contribution in [3.63, 3.8) is 0 Å². The molecule has 0 bridgehead atoms. The molecule has 0 amide bonds. The van der Waals surface area contributed by atoms with Gasteiger partial charge in [-0.1, -0.05) is 78.9 Å². The highest BCUT2D eigenvalue weighted by Crippen LogP contribution is 2.38. The van der Waals surface area contributed by atoms with E-state index in [0.717, 1.165) is 55.8 Å². The van der Waals surface area contributed by atoms with Crippen LogP contribution in [0.25, 0.3) is 77.3 Å². The van der Waals surface area contributed by atoms with Gasteiger partial charge in [-0.05, 0) is 64.4 Å². The Morgan fingerprint density at radius 2 is 1.05 bits per heavy atom. The highest BCUT2D eigenvalue weighted by atomic mass is 14.7. The van der Waals surface area contributed by atoms with Crippen LogP contribution in [-0.2, 0) is 0 Å². The largest absolute Gasteiger partial charge is 0.264 e. The van der Waals surface area contributed by atoms with Crippen LogP contribution < -0.4 is 0 Å². The topological polar surface area (TPSA) is 51.6 Å². The molecule has 0 spiro atoms. The second-order valence-electron chi connectivity index (χ2n) is 10.4. The van der Waals surface area contributed by atoms with E-state index in [4.69, 9.17) is 9.97 Å². The molecule has 4 aromatic carbocycles. The van der Waals surface area contributed by atoms with E-state index in [1.807, 2.05) is 36.7 Å². The van der Waals surface area contributed by atoms with E-state index in [-0.39, 0.29) is 0 Å². The summed E-state index contributed by atoms with van der Waals surface area (Å²) in [6, 6.07) is 42.3. The van der Waals surface area contributed by atoms with Crippen LogP contribution in [-0.4, -0.2) is 19.9 Å². The van der Waals surface area contributed by atoms with Crippen molar-refractivity contribution in [1.82, 2.24) is 19.9 Å². The van der Waals surface area contributed by atoms with Crippen molar-refractivity contribution >= 4 is 32.4 Å². The Morgan fingerprint density at radius 3 is 1.74 bits per heavy atom. The normalized spacial score (nSPS) is 11.3. The predicted octanol–water partition coefficient (Wildman–Crippen LogP) is 9.39. The molecule has 0 fully saturated rings. The highest BCUT2D eigenvalue weighted by molar-refractivity contribution is 6.22. The summed E-state index contributed by atoms with van der Waals surface area (Å²) in [6.45, 7) is 0. The standard InChI is InChI=1S/C38H24N4/c1-2-10-31-26(7-1)17-18-33-37(31)32-11-3-4-12-34(32)42-38(33)27-15-13-25(14-16-27)30-21-35(28-8-5-19-39-23-28)41-36(22-30)29-9-6-20-40-24-29/h1-24H. The van der Waals surface area contributed by atoms with Gasteiger partial charge in [-0.3, -0.25) is 9.97 Å². The van der Waals surface area contributed by atoms with Crippen LogP contribution in [0.3, 0.4) is 0 Å². The zero-order valence-corrected chi connectivity index (χ0v) is 22.6. The predicted molar refractivity (Wildman–Crippen MR) is 172 cm³/mol. The van der Waals surface area contributed by atoms with Crippen LogP contribution >= 0.6 is 0 Å². The number of hydrogen-bond acceptors (Lipinski definition) is 4. The number of nitrogens with zero attached hydrogens (tertiary/aromatic N) is 4. The summed E-state index contributed by atoms with van der Waals surface area (Å²) in [5.74, 6) is 0. The monoisotopic (exact) mass is 536 g/mol. The Kier molecular flexibility index (Phi) is 5.75. The third-order valence-electron chi connectivity index (χ3n) is 7.82. The Morgan fingerprint density at radius 1 is 0.405 bits per heavy atom. The Bertz CT molecular complexity index is 2150. The van der Waals surface area contributed by atoms with Gasteiger partial charge in [0.1, 0.15) is 0 Å². The zero-order chi connectivity index (χ0) is 27.9. The molecule has 0 radical (unpaired) electrons. The fraction of sp³-hybridized carbons (Fsp3) is 0. The van der Waals surface area contributed by atoms with Gasteiger partial charge in [0.25, 0.3) is 0 Å². The molecule has 4 heterocycles. The summed E-state index contributed by atoms with van der Waals surface area (Å²) in [5, 5.41) is 6.05. The lowest BCUT2D eigenvalue weighted by molar-refractivity contribution is 1.26. The van der Waals surface area contributed by atoms with E-state index < -0.39 is 0 Å². The van der Waals surface area contributed by atoms with Crippen LogP contribution in [0.15, 0.2) is 146 Å². The van der Waals surface area contributed by atoms with E-state index >= 15 is 0 Å². The zero-order valence-electron chi connectivity index (χ0n) is 22.6. The lowest BCUT2D eigenvalue weighted by Gasteiger charge is -2.13. The van der Waals surface area contributed by atoms with Crippen molar-refractivity contribution in [2.45, 2.75) is 0 Å². The number of rotatable bonds is 4. The van der Waals surface area contributed by atoms with Crippen molar-refractivity contribution in [2.24, 2.45) is 0 Å². The quantitative estimate of drug-likeness (QED) is 0.210. The smallest absolute Gasteiger partial charge is 0.0788 e. The molecule has 8 rings (SSSR count). The molecule has 0 saturated carbocycles. The summed E-state index contributed by atoms with van der Waals surface area (Å²) in [4.78, 5) is 18.8. The van der Waals surface area contributed by atoms with E-state index in [1.165, 1.54) is 21.5 Å². The second-order valence-corrected chi connectivity index (χ2v) is 10.4. The first-order chi connectivity index (χ1) is 20.8. The Balaban J connectivity index is 1.28. The number of hydrogen-bond donors (Lipinski definition) is 0. The first kappa shape index (κ1) is 24.1. The van der Waals surface area contributed by atoms with Gasteiger partial charge in [0.15, 0.2) is 0 Å². The van der Waals surface area contributed by atoms with Crippen LogP contribution in [0, 0.1) is 0 Å². The van der Waals surface area contributed by atoms with Gasteiger partial charge in [0.05, 0.1) is 22.6 Å². The van der Waals surface area contributed by atoms with Crippen LogP contribution in [0.2, 0.25) is 0 Å². The van der Waals surface area contributed by atoms with Crippen molar-refractivity contribution < 1.29 is 0 Å². The van der Waals surface area contributed by atoms with Crippen molar-refractivity contribution in [2.75, 3.05) is 0 Å². The average Bonchev–Trinajstić information content (AvgIpc) is 3.08. The Labute approximate surface area is 243 Å². The molecule has 0 aliphatic carbocycles. The first-order valence-corrected chi connectivity index (χ1v) is 14.0. The van der Waals surface area contributed by atoms with Crippen LogP contribution in [0.4, 0.5) is 0 Å².